The molecule has 0 unspecified atom stereocenters. The van der Waals surface area contributed by atoms with E-state index in [-0.39, 0.29) is 0 Å². The Morgan fingerprint density at radius 1 is 1.17 bits per heavy atom. The fourth-order valence-corrected chi connectivity index (χ4v) is 2.37. The zero-order valence-electron chi connectivity index (χ0n) is 11.6. The van der Waals surface area contributed by atoms with Crippen molar-refractivity contribution in [2.24, 2.45) is 0 Å². The second kappa shape index (κ2) is 6.05. The van der Waals surface area contributed by atoms with Gasteiger partial charge >= 0.3 is 0 Å². The zero-order chi connectivity index (χ0) is 13.0. The maximum absolute atomic E-state index is 5.36. The Bertz CT molecular complexity index is 387. The van der Waals surface area contributed by atoms with Gasteiger partial charge in [0.2, 0.25) is 5.88 Å². The number of hydrogen-bond acceptors (Lipinski definition) is 4. The van der Waals surface area contributed by atoms with Crippen LogP contribution in [-0.2, 0) is 6.42 Å². The number of nitrogens with zero attached hydrogens (tertiary/aromatic N) is 3. The molecule has 1 aliphatic rings. The fraction of sp³-hybridized carbons (Fsp3) is 0.643. The lowest BCUT2D eigenvalue weighted by atomic mass is 10.2. The minimum atomic E-state index is 0.771. The highest BCUT2D eigenvalue weighted by Gasteiger charge is 2.17. The highest BCUT2D eigenvalue weighted by molar-refractivity contribution is 5.44. The molecule has 100 valence electrons. The van der Waals surface area contributed by atoms with Crippen molar-refractivity contribution in [1.82, 2.24) is 9.88 Å². The summed E-state index contributed by atoms with van der Waals surface area (Å²) in [5.41, 5.74) is 1.17. The predicted molar refractivity (Wildman–Crippen MR) is 74.5 cm³/mol. The van der Waals surface area contributed by atoms with E-state index in [1.807, 2.05) is 0 Å². The third-order valence-electron chi connectivity index (χ3n) is 3.64. The van der Waals surface area contributed by atoms with Crippen LogP contribution in [0.2, 0.25) is 0 Å². The summed E-state index contributed by atoms with van der Waals surface area (Å²) in [5.74, 6) is 1.81. The lowest BCUT2D eigenvalue weighted by Gasteiger charge is -2.34. The molecule has 1 saturated heterocycles. The average molecular weight is 249 g/mol. The summed E-state index contributed by atoms with van der Waals surface area (Å²) >= 11 is 0. The van der Waals surface area contributed by atoms with Gasteiger partial charge in [-0.3, -0.25) is 0 Å². The number of anilines is 1. The van der Waals surface area contributed by atoms with Crippen LogP contribution in [0.5, 0.6) is 5.88 Å². The number of hydrogen-bond donors (Lipinski definition) is 0. The van der Waals surface area contributed by atoms with Crippen LogP contribution in [0.4, 0.5) is 5.82 Å². The van der Waals surface area contributed by atoms with Crippen molar-refractivity contribution in [3.63, 3.8) is 0 Å². The fourth-order valence-electron chi connectivity index (χ4n) is 2.37. The smallest absolute Gasteiger partial charge is 0.218 e. The summed E-state index contributed by atoms with van der Waals surface area (Å²) in [7, 11) is 1.69. The molecule has 0 amide bonds. The van der Waals surface area contributed by atoms with Gasteiger partial charge in [-0.2, -0.15) is 4.98 Å². The number of rotatable bonds is 4. The molecule has 0 spiro atoms. The van der Waals surface area contributed by atoms with E-state index in [1.54, 1.807) is 7.11 Å². The largest absolute Gasteiger partial charge is 0.481 e. The van der Waals surface area contributed by atoms with Gasteiger partial charge < -0.3 is 14.5 Å². The lowest BCUT2D eigenvalue weighted by Crippen LogP contribution is -2.46. The van der Waals surface area contributed by atoms with E-state index >= 15 is 0 Å². The molecule has 2 rings (SSSR count). The van der Waals surface area contributed by atoms with E-state index in [1.165, 1.54) is 5.56 Å². The van der Waals surface area contributed by atoms with Gasteiger partial charge in [-0.05, 0) is 25.1 Å². The first kappa shape index (κ1) is 13.1. The van der Waals surface area contributed by atoms with E-state index < -0.39 is 0 Å². The quantitative estimate of drug-likeness (QED) is 0.813. The van der Waals surface area contributed by atoms with Gasteiger partial charge in [-0.25, -0.2) is 0 Å². The zero-order valence-corrected chi connectivity index (χ0v) is 11.6. The molecule has 0 aromatic carbocycles. The third-order valence-corrected chi connectivity index (χ3v) is 3.64. The molecule has 4 nitrogen and oxygen atoms in total. The molecule has 2 heterocycles. The van der Waals surface area contributed by atoms with Crippen LogP contribution in [0.3, 0.4) is 0 Å². The van der Waals surface area contributed by atoms with Crippen molar-refractivity contribution in [2.75, 3.05) is 44.7 Å². The Kier molecular flexibility index (Phi) is 4.42. The molecule has 0 N–H and O–H groups in total. The van der Waals surface area contributed by atoms with Crippen LogP contribution in [-0.4, -0.2) is 49.7 Å². The second-order valence-electron chi connectivity index (χ2n) is 4.61. The van der Waals surface area contributed by atoms with E-state index in [9.17, 15) is 0 Å². The number of methoxy groups -OCH3 is 1. The van der Waals surface area contributed by atoms with Crippen molar-refractivity contribution < 1.29 is 4.74 Å². The number of aromatic nitrogens is 1. The Labute approximate surface area is 110 Å². The monoisotopic (exact) mass is 249 g/mol. The Hall–Kier alpha value is -1.29. The molecule has 0 atom stereocenters. The number of aryl methyl sites for hydroxylation is 1. The molecule has 1 aromatic rings. The van der Waals surface area contributed by atoms with Gasteiger partial charge in [-0.1, -0.05) is 13.8 Å². The first-order valence-corrected chi connectivity index (χ1v) is 6.79. The number of piperazine rings is 1. The normalized spacial score (nSPS) is 16.9. The lowest BCUT2D eigenvalue weighted by molar-refractivity contribution is 0.270. The SMILES string of the molecule is CCc1ccc(N2CCN(CC)CC2)nc1OC. The predicted octanol–water partition coefficient (Wildman–Crippen LogP) is 1.79. The summed E-state index contributed by atoms with van der Waals surface area (Å²) in [6.07, 6.45) is 0.958. The minimum absolute atomic E-state index is 0.771. The van der Waals surface area contributed by atoms with Crippen LogP contribution >= 0.6 is 0 Å². The van der Waals surface area contributed by atoms with Gasteiger partial charge in [-0.15, -0.1) is 0 Å². The molecule has 0 bridgehead atoms. The maximum atomic E-state index is 5.36. The van der Waals surface area contributed by atoms with Gasteiger partial charge in [0.25, 0.3) is 0 Å². The first-order chi connectivity index (χ1) is 8.78. The van der Waals surface area contributed by atoms with Crippen molar-refractivity contribution in [1.29, 1.82) is 0 Å². The highest BCUT2D eigenvalue weighted by Crippen LogP contribution is 2.22. The molecule has 0 saturated carbocycles. The van der Waals surface area contributed by atoms with E-state index in [0.717, 1.165) is 50.8 Å². The van der Waals surface area contributed by atoms with E-state index in [0.29, 0.717) is 0 Å². The number of pyridine rings is 1. The summed E-state index contributed by atoms with van der Waals surface area (Å²) in [5, 5.41) is 0. The summed E-state index contributed by atoms with van der Waals surface area (Å²) in [4.78, 5) is 9.43. The van der Waals surface area contributed by atoms with Crippen molar-refractivity contribution in [2.45, 2.75) is 20.3 Å². The molecule has 0 aliphatic carbocycles. The topological polar surface area (TPSA) is 28.6 Å². The molecule has 4 heteroatoms. The van der Waals surface area contributed by atoms with Crippen molar-refractivity contribution in [3.05, 3.63) is 17.7 Å². The molecular weight excluding hydrogens is 226 g/mol. The van der Waals surface area contributed by atoms with Crippen LogP contribution in [0.25, 0.3) is 0 Å². The van der Waals surface area contributed by atoms with Crippen molar-refractivity contribution >= 4 is 5.82 Å². The number of ether oxygens (including phenoxy) is 1. The third kappa shape index (κ3) is 2.75. The van der Waals surface area contributed by atoms with Crippen LogP contribution in [0.1, 0.15) is 19.4 Å². The standard InChI is InChI=1S/C14H23N3O/c1-4-12-6-7-13(15-14(12)18-3)17-10-8-16(5-2)9-11-17/h6-7H,4-5,8-11H2,1-3H3. The maximum Gasteiger partial charge on any atom is 0.218 e. The van der Waals surface area contributed by atoms with E-state index in [4.69, 9.17) is 4.74 Å². The first-order valence-electron chi connectivity index (χ1n) is 6.79. The summed E-state index contributed by atoms with van der Waals surface area (Å²) < 4.78 is 5.36. The van der Waals surface area contributed by atoms with Crippen LogP contribution in [0, 0.1) is 0 Å². The number of likely N-dealkylation sites (N-methyl/N-ethyl adjacent to an activating group) is 1. The van der Waals surface area contributed by atoms with Gasteiger partial charge in [0.05, 0.1) is 7.11 Å². The second-order valence-corrected chi connectivity index (χ2v) is 4.61. The Balaban J connectivity index is 2.09. The Morgan fingerprint density at radius 2 is 1.89 bits per heavy atom. The summed E-state index contributed by atoms with van der Waals surface area (Å²) in [6.45, 7) is 9.82. The molecule has 1 aliphatic heterocycles. The highest BCUT2D eigenvalue weighted by atomic mass is 16.5. The molecular formula is C14H23N3O. The van der Waals surface area contributed by atoms with Crippen LogP contribution in [0.15, 0.2) is 12.1 Å². The van der Waals surface area contributed by atoms with Gasteiger partial charge in [0.1, 0.15) is 5.82 Å². The van der Waals surface area contributed by atoms with Gasteiger partial charge in [0, 0.05) is 31.7 Å². The molecule has 0 radical (unpaired) electrons. The van der Waals surface area contributed by atoms with Gasteiger partial charge in [0.15, 0.2) is 0 Å². The van der Waals surface area contributed by atoms with Crippen LogP contribution < -0.4 is 9.64 Å². The molecule has 18 heavy (non-hydrogen) atoms. The van der Waals surface area contributed by atoms with Crippen molar-refractivity contribution in [3.8, 4) is 5.88 Å². The molecule has 1 fully saturated rings. The summed E-state index contributed by atoms with van der Waals surface area (Å²) in [6, 6.07) is 4.25. The average Bonchev–Trinajstić information content (AvgIpc) is 2.46. The van der Waals surface area contributed by atoms with E-state index in [2.05, 4.69) is 40.8 Å². The molecule has 1 aromatic heterocycles. The Morgan fingerprint density at radius 3 is 2.44 bits per heavy atom. The minimum Gasteiger partial charge on any atom is -0.481 e.